The zero-order valence-corrected chi connectivity index (χ0v) is 17.1. The topological polar surface area (TPSA) is 43.3 Å². The lowest BCUT2D eigenvalue weighted by Crippen LogP contribution is -2.46. The van der Waals surface area contributed by atoms with Crippen LogP contribution >= 0.6 is 23.4 Å². The molecule has 3 rings (SSSR count). The van der Waals surface area contributed by atoms with Gasteiger partial charge in [0.1, 0.15) is 6.10 Å². The largest absolute Gasteiger partial charge is 0.368 e. The highest BCUT2D eigenvalue weighted by atomic mass is 35.5. The second-order valence-corrected chi connectivity index (χ2v) is 8.23. The van der Waals surface area contributed by atoms with Crippen LogP contribution in [0.1, 0.15) is 18.4 Å². The van der Waals surface area contributed by atoms with Gasteiger partial charge in [0, 0.05) is 38.7 Å². The fourth-order valence-electron chi connectivity index (χ4n) is 3.39. The number of thioether (sulfide) groups is 1. The molecule has 1 aromatic carbocycles. The molecule has 2 aliphatic rings. The Bertz CT molecular complexity index is 621. The number of rotatable bonds is 8. The molecule has 2 heterocycles. The van der Waals surface area contributed by atoms with E-state index >= 15 is 0 Å². The summed E-state index contributed by atoms with van der Waals surface area (Å²) >= 11 is 7.21. The van der Waals surface area contributed by atoms with E-state index in [1.807, 2.05) is 0 Å². The first-order valence-corrected chi connectivity index (χ1v) is 10.7. The molecule has 1 atom stereocenters. The smallest absolute Gasteiger partial charge is 0.171 e. The van der Waals surface area contributed by atoms with Crippen molar-refractivity contribution in [2.75, 3.05) is 38.8 Å². The number of likely N-dealkylation sites (tertiary alicyclic amines) is 1. The van der Waals surface area contributed by atoms with Gasteiger partial charge in [0.2, 0.25) is 0 Å². The highest BCUT2D eigenvalue weighted by molar-refractivity contribution is 8.16. The first kappa shape index (κ1) is 20.8. The van der Waals surface area contributed by atoms with Gasteiger partial charge in [0.25, 0.3) is 0 Å². The molecule has 0 bridgehead atoms. The molecule has 0 aromatic heterocycles. The van der Waals surface area contributed by atoms with E-state index in [1.54, 1.807) is 0 Å². The van der Waals surface area contributed by atoms with Gasteiger partial charge in [-0.05, 0) is 12.0 Å². The average molecular weight is 411 g/mol. The standard InChI is InChI=1S/C20H27ClN2O3S/c1-2-22-19(21)27-16-24-14-18-15-25-20(26-18)9-12-23(13-10-20)11-8-17-6-4-3-5-7-17/h2-7,18H,1,8-16H2. The molecule has 0 aliphatic carbocycles. The molecule has 5 nitrogen and oxygen atoms in total. The lowest BCUT2D eigenvalue weighted by Gasteiger charge is -2.38. The molecule has 1 spiro atoms. The second-order valence-electron chi connectivity index (χ2n) is 6.74. The van der Waals surface area contributed by atoms with Crippen molar-refractivity contribution in [1.82, 2.24) is 4.90 Å². The molecular formula is C20H27ClN2O3S. The highest BCUT2D eigenvalue weighted by Crippen LogP contribution is 2.34. The molecule has 0 amide bonds. The molecule has 7 heteroatoms. The van der Waals surface area contributed by atoms with E-state index < -0.39 is 5.79 Å². The number of hydrogen-bond acceptors (Lipinski definition) is 6. The van der Waals surface area contributed by atoms with Gasteiger partial charge in [-0.1, -0.05) is 60.3 Å². The molecule has 1 unspecified atom stereocenters. The van der Waals surface area contributed by atoms with Crippen molar-refractivity contribution in [3.63, 3.8) is 0 Å². The predicted molar refractivity (Wildman–Crippen MR) is 111 cm³/mol. The molecule has 148 valence electrons. The predicted octanol–water partition coefficient (Wildman–Crippen LogP) is 3.88. The highest BCUT2D eigenvalue weighted by Gasteiger charge is 2.43. The van der Waals surface area contributed by atoms with E-state index in [1.165, 1.54) is 23.5 Å². The van der Waals surface area contributed by atoms with Gasteiger partial charge in [0.05, 0.1) is 19.2 Å². The lowest BCUT2D eigenvalue weighted by atomic mass is 10.0. The van der Waals surface area contributed by atoms with Crippen molar-refractivity contribution in [2.45, 2.75) is 31.2 Å². The van der Waals surface area contributed by atoms with Crippen molar-refractivity contribution < 1.29 is 14.2 Å². The van der Waals surface area contributed by atoms with Crippen LogP contribution in [0, 0.1) is 0 Å². The Morgan fingerprint density at radius 1 is 1.37 bits per heavy atom. The van der Waals surface area contributed by atoms with Gasteiger partial charge >= 0.3 is 0 Å². The van der Waals surface area contributed by atoms with Gasteiger partial charge in [0.15, 0.2) is 10.3 Å². The SMILES string of the molecule is C=CN=C(Cl)SCOCC1COC2(CCN(CCc3ccccc3)CC2)O1. The minimum atomic E-state index is -0.424. The molecule has 0 radical (unpaired) electrons. The maximum absolute atomic E-state index is 6.19. The third kappa shape index (κ3) is 6.59. The molecular weight excluding hydrogens is 384 g/mol. The van der Waals surface area contributed by atoms with Crippen LogP contribution in [0.3, 0.4) is 0 Å². The summed E-state index contributed by atoms with van der Waals surface area (Å²) in [6, 6.07) is 10.6. The summed E-state index contributed by atoms with van der Waals surface area (Å²) < 4.78 is 18.3. The van der Waals surface area contributed by atoms with Crippen LogP contribution in [-0.2, 0) is 20.6 Å². The number of halogens is 1. The summed E-state index contributed by atoms with van der Waals surface area (Å²) in [6.07, 6.45) is 4.30. The number of benzene rings is 1. The number of aliphatic imine (C=N–C) groups is 1. The van der Waals surface area contributed by atoms with Gasteiger partial charge < -0.3 is 19.1 Å². The zero-order chi connectivity index (χ0) is 19.0. The lowest BCUT2D eigenvalue weighted by molar-refractivity contribution is -0.198. The Kier molecular flexibility index (Phi) is 8.18. The van der Waals surface area contributed by atoms with Gasteiger partial charge in [-0.25, -0.2) is 4.99 Å². The fraction of sp³-hybridized carbons (Fsp3) is 0.550. The number of hydrogen-bond donors (Lipinski definition) is 0. The quantitative estimate of drug-likeness (QED) is 0.281. The Morgan fingerprint density at radius 2 is 2.15 bits per heavy atom. The Morgan fingerprint density at radius 3 is 2.89 bits per heavy atom. The summed E-state index contributed by atoms with van der Waals surface area (Å²) in [5.41, 5.74) is 1.39. The van der Waals surface area contributed by atoms with Crippen LogP contribution in [0.15, 0.2) is 48.1 Å². The van der Waals surface area contributed by atoms with E-state index in [0.29, 0.717) is 23.7 Å². The van der Waals surface area contributed by atoms with E-state index in [2.05, 4.69) is 46.8 Å². The summed E-state index contributed by atoms with van der Waals surface area (Å²) in [5.74, 6) is 0.0165. The van der Waals surface area contributed by atoms with Crippen LogP contribution in [0.2, 0.25) is 0 Å². The second kappa shape index (κ2) is 10.6. The van der Waals surface area contributed by atoms with Crippen molar-refractivity contribution in [3.8, 4) is 0 Å². The Balaban J connectivity index is 1.33. The molecule has 0 saturated carbocycles. The van der Waals surface area contributed by atoms with E-state index in [4.69, 9.17) is 25.8 Å². The monoisotopic (exact) mass is 410 g/mol. The summed E-state index contributed by atoms with van der Waals surface area (Å²) in [5, 5.41) is 0. The first-order chi connectivity index (χ1) is 13.2. The van der Waals surface area contributed by atoms with Gasteiger partial charge in [-0.3, -0.25) is 0 Å². The number of piperidine rings is 1. The van der Waals surface area contributed by atoms with Crippen molar-refractivity contribution in [1.29, 1.82) is 0 Å². The van der Waals surface area contributed by atoms with Gasteiger partial charge in [-0.15, -0.1) is 0 Å². The fourth-order valence-corrected chi connectivity index (χ4v) is 4.02. The maximum Gasteiger partial charge on any atom is 0.171 e. The third-order valence-electron chi connectivity index (χ3n) is 4.85. The van der Waals surface area contributed by atoms with Crippen molar-refractivity contribution in [2.24, 2.45) is 4.99 Å². The molecule has 27 heavy (non-hydrogen) atoms. The normalized spacial score (nSPS) is 23.0. The molecule has 2 fully saturated rings. The van der Waals surface area contributed by atoms with Crippen molar-refractivity contribution in [3.05, 3.63) is 48.7 Å². The minimum absolute atomic E-state index is 0.0170. The maximum atomic E-state index is 6.19. The summed E-state index contributed by atoms with van der Waals surface area (Å²) in [7, 11) is 0. The van der Waals surface area contributed by atoms with E-state index in [9.17, 15) is 0 Å². The summed E-state index contributed by atoms with van der Waals surface area (Å²) in [6.45, 7) is 7.69. The molecule has 2 aliphatic heterocycles. The molecule has 1 aromatic rings. The first-order valence-electron chi connectivity index (χ1n) is 9.32. The van der Waals surface area contributed by atoms with Crippen LogP contribution in [0.25, 0.3) is 0 Å². The van der Waals surface area contributed by atoms with Crippen molar-refractivity contribution >= 4 is 27.9 Å². The number of ether oxygens (including phenoxy) is 3. The van der Waals surface area contributed by atoms with Gasteiger partial charge in [-0.2, -0.15) is 0 Å². The minimum Gasteiger partial charge on any atom is -0.368 e. The third-order valence-corrected chi connectivity index (χ3v) is 5.90. The molecule has 2 saturated heterocycles. The Labute approximate surface area is 170 Å². The van der Waals surface area contributed by atoms with Crippen LogP contribution in [-0.4, -0.2) is 60.1 Å². The summed E-state index contributed by atoms with van der Waals surface area (Å²) in [4.78, 5) is 6.36. The number of nitrogens with zero attached hydrogens (tertiary/aromatic N) is 2. The van der Waals surface area contributed by atoms with E-state index in [-0.39, 0.29) is 6.10 Å². The van der Waals surface area contributed by atoms with E-state index in [0.717, 1.165) is 38.9 Å². The van der Waals surface area contributed by atoms with Crippen LogP contribution in [0.4, 0.5) is 0 Å². The Hall–Kier alpha value is -0.890. The van der Waals surface area contributed by atoms with Crippen LogP contribution in [0.5, 0.6) is 0 Å². The average Bonchev–Trinajstić information content (AvgIpc) is 3.08. The molecule has 0 N–H and O–H groups in total. The van der Waals surface area contributed by atoms with Crippen LogP contribution < -0.4 is 0 Å². The zero-order valence-electron chi connectivity index (χ0n) is 15.5.